The zero-order valence-electron chi connectivity index (χ0n) is 15.4. The predicted molar refractivity (Wildman–Crippen MR) is 99.6 cm³/mol. The van der Waals surface area contributed by atoms with Crippen LogP contribution in [0.2, 0.25) is 0 Å². The summed E-state index contributed by atoms with van der Waals surface area (Å²) >= 11 is 0. The van der Waals surface area contributed by atoms with Gasteiger partial charge in [-0.05, 0) is 35.9 Å². The van der Waals surface area contributed by atoms with E-state index in [9.17, 15) is 9.90 Å². The summed E-state index contributed by atoms with van der Waals surface area (Å²) in [6, 6.07) is 11.4. The van der Waals surface area contributed by atoms with E-state index in [2.05, 4.69) is 25.8 Å². The topological polar surface area (TPSA) is 59.0 Å². The average molecular weight is 353 g/mol. The second-order valence-corrected chi connectivity index (χ2v) is 7.60. The third kappa shape index (κ3) is 2.19. The molecule has 5 heteroatoms. The van der Waals surface area contributed by atoms with Crippen molar-refractivity contribution in [2.24, 2.45) is 5.92 Å². The van der Waals surface area contributed by atoms with Crippen LogP contribution in [0.15, 0.2) is 36.4 Å². The van der Waals surface area contributed by atoms with Crippen molar-refractivity contribution in [3.05, 3.63) is 53.1 Å². The number of aromatic carboxylic acids is 1. The minimum Gasteiger partial charge on any atom is -0.496 e. The number of carbonyl (C=O) groups is 1. The fraction of sp³-hybridized carbons (Fsp3) is 0.381. The van der Waals surface area contributed by atoms with Gasteiger partial charge in [0.05, 0.1) is 30.9 Å². The minimum absolute atomic E-state index is 0.105. The first-order valence-electron chi connectivity index (χ1n) is 8.76. The van der Waals surface area contributed by atoms with E-state index in [1.54, 1.807) is 13.2 Å². The van der Waals surface area contributed by atoms with E-state index < -0.39 is 5.97 Å². The number of methoxy groups -OCH3 is 1. The maximum absolute atomic E-state index is 11.5. The van der Waals surface area contributed by atoms with Crippen LogP contribution in [0, 0.1) is 5.92 Å². The van der Waals surface area contributed by atoms with E-state index >= 15 is 0 Å². The van der Waals surface area contributed by atoms with E-state index in [1.165, 1.54) is 0 Å². The second-order valence-electron chi connectivity index (χ2n) is 7.60. The van der Waals surface area contributed by atoms with Crippen molar-refractivity contribution in [2.75, 3.05) is 25.7 Å². The zero-order valence-corrected chi connectivity index (χ0v) is 15.4. The average Bonchev–Trinajstić information content (AvgIpc) is 2.64. The third-order valence-electron chi connectivity index (χ3n) is 6.00. The Hall–Kier alpha value is -2.69. The highest BCUT2D eigenvalue weighted by molar-refractivity contribution is 5.89. The van der Waals surface area contributed by atoms with E-state index in [4.69, 9.17) is 9.47 Å². The smallest absolute Gasteiger partial charge is 0.335 e. The molecule has 2 aromatic carbocycles. The van der Waals surface area contributed by atoms with Crippen LogP contribution in [-0.4, -0.2) is 31.8 Å². The van der Waals surface area contributed by atoms with Crippen molar-refractivity contribution in [2.45, 2.75) is 25.3 Å². The van der Waals surface area contributed by atoms with Crippen molar-refractivity contribution in [3.8, 4) is 11.5 Å². The fourth-order valence-corrected chi connectivity index (χ4v) is 4.50. The Labute approximate surface area is 153 Å². The number of nitrogens with zero attached hydrogens (tertiary/aromatic N) is 1. The summed E-state index contributed by atoms with van der Waals surface area (Å²) < 4.78 is 11.7. The fourth-order valence-electron chi connectivity index (χ4n) is 4.50. The normalized spacial score (nSPS) is 22.5. The molecule has 2 heterocycles. The molecule has 2 atom stereocenters. The van der Waals surface area contributed by atoms with Crippen LogP contribution in [0.4, 0.5) is 5.69 Å². The van der Waals surface area contributed by atoms with Gasteiger partial charge in [0, 0.05) is 24.1 Å². The van der Waals surface area contributed by atoms with E-state index in [0.717, 1.165) is 28.3 Å². The number of ether oxygens (including phenoxy) is 2. The summed E-state index contributed by atoms with van der Waals surface area (Å²) in [6.07, 6.45) is 0. The molecule has 0 saturated carbocycles. The van der Waals surface area contributed by atoms with Gasteiger partial charge in [0.25, 0.3) is 0 Å². The summed E-state index contributed by atoms with van der Waals surface area (Å²) in [5, 5.41) is 9.40. The highest BCUT2D eigenvalue weighted by Gasteiger charge is 2.49. The molecule has 2 unspecified atom stereocenters. The molecule has 136 valence electrons. The molecule has 0 aliphatic carbocycles. The molecule has 0 fully saturated rings. The molecule has 0 amide bonds. The van der Waals surface area contributed by atoms with Crippen LogP contribution in [0.3, 0.4) is 0 Å². The molecular weight excluding hydrogens is 330 g/mol. The van der Waals surface area contributed by atoms with Crippen LogP contribution in [0.5, 0.6) is 11.5 Å². The van der Waals surface area contributed by atoms with Crippen LogP contribution < -0.4 is 14.4 Å². The van der Waals surface area contributed by atoms with E-state index in [0.29, 0.717) is 12.2 Å². The quantitative estimate of drug-likeness (QED) is 0.888. The molecule has 4 rings (SSSR count). The first kappa shape index (κ1) is 16.8. The Morgan fingerprint density at radius 3 is 2.77 bits per heavy atom. The molecule has 0 saturated heterocycles. The summed E-state index contributed by atoms with van der Waals surface area (Å²) in [4.78, 5) is 13.7. The van der Waals surface area contributed by atoms with Crippen molar-refractivity contribution in [3.63, 3.8) is 0 Å². The maximum Gasteiger partial charge on any atom is 0.335 e. The molecule has 0 aromatic heterocycles. The molecule has 2 aliphatic rings. The number of hydrogen-bond donors (Lipinski definition) is 1. The van der Waals surface area contributed by atoms with E-state index in [-0.39, 0.29) is 17.4 Å². The standard InChI is InChI=1S/C21H23NO4/c1-21(2)13-10-12(20(23)24)8-9-15(13)22(3)19-14(21)11-26-17-7-5-6-16(25-4)18(17)19/h5-10,14,19H,11H2,1-4H3,(H,23,24). The van der Waals surface area contributed by atoms with Gasteiger partial charge in [0.2, 0.25) is 0 Å². The minimum atomic E-state index is -0.903. The Bertz CT molecular complexity index is 875. The van der Waals surface area contributed by atoms with Gasteiger partial charge in [-0.25, -0.2) is 4.79 Å². The Morgan fingerprint density at radius 1 is 1.31 bits per heavy atom. The molecule has 1 N–H and O–H groups in total. The van der Waals surface area contributed by atoms with Gasteiger partial charge in [0.1, 0.15) is 11.5 Å². The van der Waals surface area contributed by atoms with Crippen molar-refractivity contribution in [1.29, 1.82) is 0 Å². The molecule has 2 aromatic rings. The van der Waals surface area contributed by atoms with Gasteiger partial charge < -0.3 is 19.5 Å². The van der Waals surface area contributed by atoms with Gasteiger partial charge in [0.15, 0.2) is 0 Å². The van der Waals surface area contributed by atoms with Crippen LogP contribution in [0.25, 0.3) is 0 Å². The number of rotatable bonds is 2. The second kappa shape index (κ2) is 5.66. The SMILES string of the molecule is COc1cccc2c1C1C(CO2)C(C)(C)c2cc(C(=O)O)ccc2N1C. The molecule has 0 radical (unpaired) electrons. The Morgan fingerprint density at radius 2 is 2.08 bits per heavy atom. The summed E-state index contributed by atoms with van der Waals surface area (Å²) in [5.74, 6) is 0.956. The summed E-state index contributed by atoms with van der Waals surface area (Å²) in [7, 11) is 3.74. The molecule has 0 spiro atoms. The van der Waals surface area contributed by atoms with Crippen molar-refractivity contribution >= 4 is 11.7 Å². The van der Waals surface area contributed by atoms with Gasteiger partial charge in [-0.2, -0.15) is 0 Å². The molecule has 5 nitrogen and oxygen atoms in total. The summed E-state index contributed by atoms with van der Waals surface area (Å²) in [5.41, 5.74) is 3.24. The lowest BCUT2D eigenvalue weighted by Gasteiger charge is -2.52. The molecular formula is C21H23NO4. The largest absolute Gasteiger partial charge is 0.496 e. The highest BCUT2D eigenvalue weighted by Crippen LogP contribution is 2.56. The van der Waals surface area contributed by atoms with Crippen LogP contribution in [-0.2, 0) is 5.41 Å². The number of carboxylic acids is 1. The number of benzene rings is 2. The number of hydrogen-bond acceptors (Lipinski definition) is 4. The van der Waals surface area contributed by atoms with Gasteiger partial charge in [-0.3, -0.25) is 0 Å². The van der Waals surface area contributed by atoms with E-state index in [1.807, 2.05) is 30.3 Å². The summed E-state index contributed by atoms with van der Waals surface area (Å²) in [6.45, 7) is 4.93. The lowest BCUT2D eigenvalue weighted by atomic mass is 9.64. The van der Waals surface area contributed by atoms with Crippen molar-refractivity contribution < 1.29 is 19.4 Å². The molecule has 2 aliphatic heterocycles. The first-order valence-corrected chi connectivity index (χ1v) is 8.76. The van der Waals surface area contributed by atoms with Gasteiger partial charge >= 0.3 is 5.97 Å². The first-order chi connectivity index (χ1) is 12.4. The lowest BCUT2D eigenvalue weighted by Crippen LogP contribution is -2.50. The number of anilines is 1. The van der Waals surface area contributed by atoms with Gasteiger partial charge in [-0.15, -0.1) is 0 Å². The number of fused-ring (bicyclic) bond motifs is 4. The lowest BCUT2D eigenvalue weighted by molar-refractivity contribution is 0.0696. The predicted octanol–water partition coefficient (Wildman–Crippen LogP) is 3.87. The van der Waals surface area contributed by atoms with Crippen molar-refractivity contribution in [1.82, 2.24) is 0 Å². The Balaban J connectivity index is 1.93. The highest BCUT2D eigenvalue weighted by atomic mass is 16.5. The van der Waals surface area contributed by atoms with Crippen LogP contribution >= 0.6 is 0 Å². The monoisotopic (exact) mass is 353 g/mol. The van der Waals surface area contributed by atoms with Crippen LogP contribution in [0.1, 0.15) is 41.4 Å². The zero-order chi connectivity index (χ0) is 18.6. The molecule has 0 bridgehead atoms. The Kier molecular flexibility index (Phi) is 3.65. The molecule has 26 heavy (non-hydrogen) atoms. The maximum atomic E-state index is 11.5. The van der Waals surface area contributed by atoms with Gasteiger partial charge in [-0.1, -0.05) is 19.9 Å². The third-order valence-corrected chi connectivity index (χ3v) is 6.00. The number of carboxylic acid groups (broad SMARTS) is 1.